The van der Waals surface area contributed by atoms with Crippen LogP contribution in [0.3, 0.4) is 0 Å². The van der Waals surface area contributed by atoms with E-state index in [1.165, 1.54) is 11.1 Å². The fourth-order valence-electron chi connectivity index (χ4n) is 1.65. The molecule has 0 fully saturated rings. The molecule has 0 saturated heterocycles. The van der Waals surface area contributed by atoms with E-state index in [9.17, 15) is 9.59 Å². The molecule has 1 aromatic rings. The third-order valence-corrected chi connectivity index (χ3v) is 2.74. The van der Waals surface area contributed by atoms with E-state index in [-0.39, 0.29) is 5.91 Å². The van der Waals surface area contributed by atoms with Crippen LogP contribution >= 0.6 is 0 Å². The molecule has 0 heterocycles. The molecule has 0 aliphatic carbocycles. The van der Waals surface area contributed by atoms with Crippen molar-refractivity contribution in [3.05, 3.63) is 35.4 Å². The van der Waals surface area contributed by atoms with Crippen molar-refractivity contribution in [1.29, 1.82) is 0 Å². The molecule has 3 amide bonds. The van der Waals surface area contributed by atoms with Gasteiger partial charge in [0.05, 0.1) is 0 Å². The topological polar surface area (TPSA) is 84.2 Å². The van der Waals surface area contributed by atoms with E-state index < -0.39 is 6.03 Å². The number of carbonyl (C=O) groups is 2. The van der Waals surface area contributed by atoms with Crippen LogP contribution in [-0.2, 0) is 11.2 Å². The number of aryl methyl sites for hydroxylation is 1. The quantitative estimate of drug-likeness (QED) is 0.644. The highest BCUT2D eigenvalue weighted by Gasteiger charge is 2.01. The van der Waals surface area contributed by atoms with Gasteiger partial charge in [-0.25, -0.2) is 4.79 Å². The molecule has 0 saturated carbocycles. The van der Waals surface area contributed by atoms with E-state index in [0.717, 1.165) is 6.42 Å². The van der Waals surface area contributed by atoms with Crippen molar-refractivity contribution < 1.29 is 9.59 Å². The van der Waals surface area contributed by atoms with Crippen molar-refractivity contribution in [2.45, 2.75) is 26.2 Å². The Morgan fingerprint density at radius 2 is 1.79 bits per heavy atom. The minimum atomic E-state index is -0.556. The zero-order valence-corrected chi connectivity index (χ0v) is 11.2. The van der Waals surface area contributed by atoms with Gasteiger partial charge in [-0.1, -0.05) is 29.8 Å². The molecule has 0 spiro atoms. The molecule has 5 heteroatoms. The first-order valence-corrected chi connectivity index (χ1v) is 6.43. The summed E-state index contributed by atoms with van der Waals surface area (Å²) in [5, 5.41) is 5.30. The molecular weight excluding hydrogens is 242 g/mol. The Hall–Kier alpha value is -2.04. The summed E-state index contributed by atoms with van der Waals surface area (Å²) in [5.74, 6) is -0.00150. The molecule has 1 rings (SSSR count). The Labute approximate surface area is 113 Å². The van der Waals surface area contributed by atoms with Crippen molar-refractivity contribution in [1.82, 2.24) is 10.6 Å². The maximum absolute atomic E-state index is 11.5. The third-order valence-electron chi connectivity index (χ3n) is 2.74. The Balaban J connectivity index is 2.10. The van der Waals surface area contributed by atoms with E-state index in [1.807, 2.05) is 6.92 Å². The molecule has 0 bridgehead atoms. The molecule has 0 aromatic heterocycles. The second-order valence-electron chi connectivity index (χ2n) is 4.48. The summed E-state index contributed by atoms with van der Waals surface area (Å²) >= 11 is 0. The van der Waals surface area contributed by atoms with Gasteiger partial charge in [0.1, 0.15) is 0 Å². The van der Waals surface area contributed by atoms with Gasteiger partial charge < -0.3 is 16.4 Å². The molecule has 19 heavy (non-hydrogen) atoms. The zero-order chi connectivity index (χ0) is 14.1. The van der Waals surface area contributed by atoms with Gasteiger partial charge >= 0.3 is 6.03 Å². The maximum Gasteiger partial charge on any atom is 0.312 e. The van der Waals surface area contributed by atoms with Gasteiger partial charge in [0.2, 0.25) is 5.91 Å². The van der Waals surface area contributed by atoms with E-state index in [1.54, 1.807) is 0 Å². The number of amides is 3. The summed E-state index contributed by atoms with van der Waals surface area (Å²) < 4.78 is 0. The molecule has 104 valence electrons. The molecule has 5 nitrogen and oxygen atoms in total. The van der Waals surface area contributed by atoms with Crippen molar-refractivity contribution >= 4 is 11.9 Å². The fraction of sp³-hybridized carbons (Fsp3) is 0.429. The number of hydrogen-bond acceptors (Lipinski definition) is 2. The predicted octanol–water partition coefficient (Wildman–Crippen LogP) is 1.10. The van der Waals surface area contributed by atoms with Gasteiger partial charge in [0.25, 0.3) is 0 Å². The van der Waals surface area contributed by atoms with E-state index in [2.05, 4.69) is 34.9 Å². The van der Waals surface area contributed by atoms with Gasteiger partial charge in [-0.15, -0.1) is 0 Å². The van der Waals surface area contributed by atoms with E-state index in [4.69, 9.17) is 5.73 Å². The fourth-order valence-corrected chi connectivity index (χ4v) is 1.65. The van der Waals surface area contributed by atoms with Crippen molar-refractivity contribution in [3.8, 4) is 0 Å². The van der Waals surface area contributed by atoms with E-state index in [0.29, 0.717) is 25.9 Å². The molecule has 0 radical (unpaired) electrons. The summed E-state index contributed by atoms with van der Waals surface area (Å²) in [6, 6.07) is 7.70. The average molecular weight is 263 g/mol. The second kappa shape index (κ2) is 8.13. The van der Waals surface area contributed by atoms with Gasteiger partial charge in [-0.05, 0) is 25.3 Å². The Morgan fingerprint density at radius 1 is 1.11 bits per heavy atom. The van der Waals surface area contributed by atoms with Crippen molar-refractivity contribution in [2.75, 3.05) is 13.1 Å². The molecule has 0 unspecified atom stereocenters. The first-order valence-electron chi connectivity index (χ1n) is 6.43. The van der Waals surface area contributed by atoms with Crippen LogP contribution in [0.15, 0.2) is 24.3 Å². The van der Waals surface area contributed by atoms with Crippen molar-refractivity contribution in [2.24, 2.45) is 5.73 Å². The lowest BCUT2D eigenvalue weighted by molar-refractivity contribution is -0.121. The van der Waals surface area contributed by atoms with Crippen molar-refractivity contribution in [3.63, 3.8) is 0 Å². The van der Waals surface area contributed by atoms with E-state index >= 15 is 0 Å². The predicted molar refractivity (Wildman–Crippen MR) is 74.7 cm³/mol. The van der Waals surface area contributed by atoms with Crippen LogP contribution in [0.2, 0.25) is 0 Å². The molecule has 0 atom stereocenters. The van der Waals surface area contributed by atoms with Gasteiger partial charge in [0.15, 0.2) is 0 Å². The number of hydrogen-bond donors (Lipinski definition) is 3. The lowest BCUT2D eigenvalue weighted by atomic mass is 10.1. The number of benzene rings is 1. The highest BCUT2D eigenvalue weighted by molar-refractivity contribution is 5.76. The van der Waals surface area contributed by atoms with Crippen LogP contribution in [0, 0.1) is 6.92 Å². The minimum Gasteiger partial charge on any atom is -0.356 e. The number of urea groups is 1. The summed E-state index contributed by atoms with van der Waals surface area (Å²) in [4.78, 5) is 21.9. The van der Waals surface area contributed by atoms with Crippen LogP contribution in [0.4, 0.5) is 4.79 Å². The normalized spacial score (nSPS) is 9.95. The summed E-state index contributed by atoms with van der Waals surface area (Å²) in [6.45, 7) is 3.11. The smallest absolute Gasteiger partial charge is 0.312 e. The number of carbonyl (C=O) groups excluding carboxylic acids is 2. The molecule has 0 aliphatic rings. The number of nitrogens with two attached hydrogens (primary N) is 1. The van der Waals surface area contributed by atoms with Gasteiger partial charge in [-0.3, -0.25) is 4.79 Å². The highest BCUT2D eigenvalue weighted by Crippen LogP contribution is 2.03. The maximum atomic E-state index is 11.5. The SMILES string of the molecule is Cc1ccc(CCNC(=O)CCCNC(N)=O)cc1. The first-order chi connectivity index (χ1) is 9.08. The lowest BCUT2D eigenvalue weighted by Crippen LogP contribution is -2.31. The number of rotatable bonds is 7. The summed E-state index contributed by atoms with van der Waals surface area (Å²) in [7, 11) is 0. The Morgan fingerprint density at radius 3 is 2.42 bits per heavy atom. The van der Waals surface area contributed by atoms with Gasteiger partial charge in [-0.2, -0.15) is 0 Å². The molecule has 0 aliphatic heterocycles. The van der Waals surface area contributed by atoms with Crippen LogP contribution in [0.5, 0.6) is 0 Å². The summed E-state index contributed by atoms with van der Waals surface area (Å²) in [6.07, 6.45) is 1.82. The van der Waals surface area contributed by atoms with Crippen LogP contribution < -0.4 is 16.4 Å². The largest absolute Gasteiger partial charge is 0.356 e. The Bertz CT molecular complexity index is 415. The third kappa shape index (κ3) is 7.08. The standard InChI is InChI=1S/C14H21N3O2/c1-11-4-6-12(7-5-11)8-10-16-13(18)3-2-9-17-14(15)19/h4-7H,2-3,8-10H2,1H3,(H,16,18)(H3,15,17,19). The average Bonchev–Trinajstić information content (AvgIpc) is 2.37. The molecule has 1 aromatic carbocycles. The minimum absolute atomic E-state index is 0.00150. The van der Waals surface area contributed by atoms with Crippen LogP contribution in [0.1, 0.15) is 24.0 Å². The van der Waals surface area contributed by atoms with Crippen LogP contribution in [0.25, 0.3) is 0 Å². The number of primary amides is 1. The Kier molecular flexibility index (Phi) is 6.43. The second-order valence-corrected chi connectivity index (χ2v) is 4.48. The zero-order valence-electron chi connectivity index (χ0n) is 11.2. The monoisotopic (exact) mass is 263 g/mol. The van der Waals surface area contributed by atoms with Crippen LogP contribution in [-0.4, -0.2) is 25.0 Å². The first kappa shape index (κ1) is 15.0. The highest BCUT2D eigenvalue weighted by atomic mass is 16.2. The molecular formula is C14H21N3O2. The molecule has 4 N–H and O–H groups in total. The van der Waals surface area contributed by atoms with Gasteiger partial charge in [0, 0.05) is 19.5 Å². The summed E-state index contributed by atoms with van der Waals surface area (Å²) in [5.41, 5.74) is 7.35. The number of nitrogens with one attached hydrogen (secondary N) is 2. The lowest BCUT2D eigenvalue weighted by Gasteiger charge is -2.06.